The van der Waals surface area contributed by atoms with E-state index in [4.69, 9.17) is 0 Å². The van der Waals surface area contributed by atoms with Gasteiger partial charge in [0.2, 0.25) is 0 Å². The van der Waals surface area contributed by atoms with Crippen molar-refractivity contribution < 1.29 is 20.9 Å². The van der Waals surface area contributed by atoms with Crippen LogP contribution in [0.5, 0.6) is 0 Å². The fourth-order valence-corrected chi connectivity index (χ4v) is 1.83. The van der Waals surface area contributed by atoms with Crippen LogP contribution in [0.4, 0.5) is 0 Å². The SMILES string of the molecule is CC(C)(C)[N]=[Nb].CC[N-]CC.C[N-]CCC1CCCC1.[CH3-]. The van der Waals surface area contributed by atoms with E-state index in [-0.39, 0.29) is 13.0 Å². The molecule has 0 aromatic carbocycles. The summed E-state index contributed by atoms with van der Waals surface area (Å²) in [5.41, 5.74) is 0.189. The van der Waals surface area contributed by atoms with Crippen LogP contribution in [0.3, 0.4) is 0 Å². The smallest absolute Gasteiger partial charge is 0.0431 e. The predicted octanol–water partition coefficient (Wildman–Crippen LogP) is 5.94. The summed E-state index contributed by atoms with van der Waals surface area (Å²) in [5.74, 6) is 1.02. The Bertz CT molecular complexity index is 195. The molecule has 0 amide bonds. The Hall–Kier alpha value is 0.460. The van der Waals surface area contributed by atoms with Gasteiger partial charge in [-0.1, -0.05) is 46.0 Å². The van der Waals surface area contributed by atoms with Crippen LogP contribution in [0.25, 0.3) is 10.6 Å². The van der Waals surface area contributed by atoms with Gasteiger partial charge in [-0.3, -0.25) is 0 Å². The molecule has 0 N–H and O–H groups in total. The molecule has 4 heteroatoms. The second-order valence-electron chi connectivity index (χ2n) is 6.11. The normalized spacial score (nSPS) is 14.1. The van der Waals surface area contributed by atoms with Gasteiger partial charge in [0.25, 0.3) is 0 Å². The molecule has 0 saturated heterocycles. The summed E-state index contributed by atoms with van der Waals surface area (Å²) in [7, 11) is 1.91. The monoisotopic (exact) mass is 377 g/mol. The van der Waals surface area contributed by atoms with Crippen LogP contribution in [-0.4, -0.2) is 32.2 Å². The van der Waals surface area contributed by atoms with Gasteiger partial charge in [-0.25, -0.2) is 0 Å². The third kappa shape index (κ3) is 25.7. The van der Waals surface area contributed by atoms with Gasteiger partial charge in [0, 0.05) is 0 Å². The van der Waals surface area contributed by atoms with Crippen molar-refractivity contribution in [3.8, 4) is 0 Å². The van der Waals surface area contributed by atoms with Crippen molar-refractivity contribution in [3.63, 3.8) is 0 Å². The Labute approximate surface area is 147 Å². The molecular formula is C17H38N3Nb-3. The zero-order valence-corrected chi connectivity index (χ0v) is 17.7. The van der Waals surface area contributed by atoms with Gasteiger partial charge in [0.15, 0.2) is 0 Å². The maximum atomic E-state index is 4.10. The first-order chi connectivity index (χ1) is 9.41. The molecule has 0 spiro atoms. The van der Waals surface area contributed by atoms with E-state index in [1.165, 1.54) is 53.0 Å². The average Bonchev–Trinajstić information content (AvgIpc) is 2.91. The largest absolute Gasteiger partial charge is 0.665 e. The molecule has 21 heavy (non-hydrogen) atoms. The van der Waals surface area contributed by atoms with Crippen molar-refractivity contribution in [3.05, 3.63) is 18.1 Å². The standard InChI is InChI=1S/C8H16N.C4H9N.C4H10N.CH3.Nb/c1-9-7-6-8-4-2-3-5-8;1-4(2,3)5;1-3-5-4-2;;/h8H,2-7H2,1H3;1-3H3;3-4H2,1-2H3;1H3;/q-1;;2*-1;. The molecule has 1 rings (SSSR count). The Morgan fingerprint density at radius 2 is 1.52 bits per heavy atom. The molecule has 0 aromatic rings. The van der Waals surface area contributed by atoms with Gasteiger partial charge in [0.1, 0.15) is 0 Å². The molecule has 3 nitrogen and oxygen atoms in total. The van der Waals surface area contributed by atoms with E-state index in [1.54, 1.807) is 0 Å². The van der Waals surface area contributed by atoms with Crippen LogP contribution >= 0.6 is 0 Å². The second kappa shape index (κ2) is 18.5. The maximum absolute atomic E-state index is 4.10. The summed E-state index contributed by atoms with van der Waals surface area (Å²) in [5, 5.41) is 8.07. The first-order valence-corrected chi connectivity index (χ1v) is 8.94. The zero-order chi connectivity index (χ0) is 15.9. The summed E-state index contributed by atoms with van der Waals surface area (Å²) < 4.78 is 4.07. The second-order valence-corrected chi connectivity index (χ2v) is 6.60. The molecule has 1 aliphatic carbocycles. The van der Waals surface area contributed by atoms with Crippen LogP contribution < -0.4 is 0 Å². The van der Waals surface area contributed by atoms with Crippen molar-refractivity contribution in [2.45, 2.75) is 72.3 Å². The van der Waals surface area contributed by atoms with Crippen LogP contribution in [0.2, 0.25) is 0 Å². The van der Waals surface area contributed by atoms with Gasteiger partial charge >= 0.3 is 50.5 Å². The van der Waals surface area contributed by atoms with Crippen molar-refractivity contribution >= 4 is 0 Å². The van der Waals surface area contributed by atoms with Crippen molar-refractivity contribution in [1.29, 1.82) is 0 Å². The number of hydrogen-bond acceptors (Lipinski definition) is 1. The minimum absolute atomic E-state index is 0. The first kappa shape index (κ1) is 26.4. The summed E-state index contributed by atoms with van der Waals surface area (Å²) in [6, 6.07) is 0. The molecule has 0 radical (unpaired) electrons. The van der Waals surface area contributed by atoms with Gasteiger partial charge in [-0.2, -0.15) is 20.1 Å². The van der Waals surface area contributed by atoms with Crippen LogP contribution in [0.1, 0.15) is 66.7 Å². The summed E-state index contributed by atoms with van der Waals surface area (Å²) in [6.07, 6.45) is 7.21. The fourth-order valence-electron chi connectivity index (χ4n) is 1.83. The molecule has 0 atom stereocenters. The van der Waals surface area contributed by atoms with Crippen LogP contribution in [0.15, 0.2) is 3.34 Å². The van der Waals surface area contributed by atoms with Crippen molar-refractivity contribution in [2.75, 3.05) is 26.7 Å². The molecule has 1 fully saturated rings. The number of hydrogen-bond donors (Lipinski definition) is 0. The third-order valence-electron chi connectivity index (χ3n) is 2.98. The number of rotatable bonds is 5. The zero-order valence-electron chi connectivity index (χ0n) is 15.5. The Morgan fingerprint density at radius 3 is 1.76 bits per heavy atom. The molecule has 0 aromatic heterocycles. The van der Waals surface area contributed by atoms with E-state index in [1.807, 2.05) is 20.9 Å². The molecule has 1 aliphatic rings. The van der Waals surface area contributed by atoms with Crippen LogP contribution in [-0.2, 0) is 20.9 Å². The third-order valence-corrected chi connectivity index (χ3v) is 4.46. The Kier molecular flexibility index (Phi) is 23.2. The van der Waals surface area contributed by atoms with Crippen molar-refractivity contribution in [2.24, 2.45) is 9.26 Å². The van der Waals surface area contributed by atoms with Gasteiger partial charge in [-0.15, -0.1) is 6.54 Å². The fraction of sp³-hybridized carbons (Fsp3) is 0.941. The molecule has 0 heterocycles. The van der Waals surface area contributed by atoms with Gasteiger partial charge in [0.05, 0.1) is 0 Å². The van der Waals surface area contributed by atoms with E-state index in [0.717, 1.165) is 25.6 Å². The summed E-state index contributed by atoms with van der Waals surface area (Å²) >= 11 is 1.52. The van der Waals surface area contributed by atoms with E-state index in [2.05, 4.69) is 34.7 Å². The van der Waals surface area contributed by atoms with E-state index >= 15 is 0 Å². The summed E-state index contributed by atoms with van der Waals surface area (Å²) in [6.45, 7) is 13.4. The molecule has 129 valence electrons. The maximum Gasteiger partial charge on any atom is -0.0431 e. The minimum Gasteiger partial charge on any atom is -0.665 e. The van der Waals surface area contributed by atoms with E-state index < -0.39 is 0 Å². The molecule has 1 saturated carbocycles. The van der Waals surface area contributed by atoms with Crippen molar-refractivity contribution in [1.82, 2.24) is 0 Å². The molecule has 0 unspecified atom stereocenters. The Morgan fingerprint density at radius 1 is 1.10 bits per heavy atom. The quantitative estimate of drug-likeness (QED) is 0.420. The molecular weight excluding hydrogens is 339 g/mol. The van der Waals surface area contributed by atoms with Crippen LogP contribution in [0, 0.1) is 13.3 Å². The molecule has 0 bridgehead atoms. The number of nitrogens with zero attached hydrogens (tertiary/aromatic N) is 3. The Balaban J connectivity index is -0.000000240. The minimum atomic E-state index is 0. The topological polar surface area (TPSA) is 40.6 Å². The predicted molar refractivity (Wildman–Crippen MR) is 93.8 cm³/mol. The van der Waals surface area contributed by atoms with E-state index in [9.17, 15) is 0 Å². The summed E-state index contributed by atoms with van der Waals surface area (Å²) in [4.78, 5) is 0. The molecule has 0 aliphatic heterocycles. The first-order valence-electron chi connectivity index (χ1n) is 7.96. The average molecular weight is 377 g/mol. The van der Waals surface area contributed by atoms with E-state index in [0.29, 0.717) is 0 Å². The van der Waals surface area contributed by atoms with Gasteiger partial charge in [-0.05, 0) is 5.92 Å². The van der Waals surface area contributed by atoms with Gasteiger partial charge < -0.3 is 18.1 Å².